The van der Waals surface area contributed by atoms with Crippen LogP contribution in [0.1, 0.15) is 20.3 Å². The van der Waals surface area contributed by atoms with E-state index in [1.165, 1.54) is 4.90 Å². The molecule has 1 aliphatic rings. The van der Waals surface area contributed by atoms with E-state index in [4.69, 9.17) is 6.42 Å². The second-order valence-electron chi connectivity index (χ2n) is 3.72. The summed E-state index contributed by atoms with van der Waals surface area (Å²) in [6.45, 7) is 5.74. The Balaban J connectivity index is 2.56. The molecule has 12 heavy (non-hydrogen) atoms. The zero-order valence-electron chi connectivity index (χ0n) is 7.76. The van der Waals surface area contributed by atoms with E-state index in [1.54, 1.807) is 0 Å². The van der Waals surface area contributed by atoms with E-state index in [0.717, 1.165) is 13.1 Å². The van der Waals surface area contributed by atoms with Gasteiger partial charge in [0, 0.05) is 0 Å². The number of Topliss-reactive ketones (excluding diaryl/α,β-unsaturated/α-hetero) is 1. The fraction of sp³-hybridized carbons (Fsp3) is 0.700. The SMILES string of the molecule is C#CC[NH+]1C[C@H](C)C(=O)C[C@H]1C. The zero-order valence-corrected chi connectivity index (χ0v) is 7.76. The average Bonchev–Trinajstić information content (AvgIpc) is 2.01. The van der Waals surface area contributed by atoms with Crippen LogP contribution in [0.4, 0.5) is 0 Å². The number of quaternary nitrogens is 1. The lowest BCUT2D eigenvalue weighted by Gasteiger charge is -2.31. The number of terminal acetylenes is 1. The zero-order chi connectivity index (χ0) is 9.14. The number of rotatable bonds is 1. The van der Waals surface area contributed by atoms with E-state index >= 15 is 0 Å². The quantitative estimate of drug-likeness (QED) is 0.521. The van der Waals surface area contributed by atoms with Crippen LogP contribution in [-0.2, 0) is 4.79 Å². The lowest BCUT2D eigenvalue weighted by molar-refractivity contribution is -0.921. The predicted octanol–water partition coefficient (Wildman–Crippen LogP) is -0.498. The van der Waals surface area contributed by atoms with Gasteiger partial charge in [-0.3, -0.25) is 4.79 Å². The van der Waals surface area contributed by atoms with Crippen molar-refractivity contribution < 1.29 is 9.69 Å². The minimum absolute atomic E-state index is 0.199. The maximum Gasteiger partial charge on any atom is 0.147 e. The van der Waals surface area contributed by atoms with Gasteiger partial charge in [0.2, 0.25) is 0 Å². The Morgan fingerprint density at radius 2 is 2.33 bits per heavy atom. The van der Waals surface area contributed by atoms with Crippen molar-refractivity contribution in [2.24, 2.45) is 5.92 Å². The van der Waals surface area contributed by atoms with Crippen molar-refractivity contribution in [3.05, 3.63) is 0 Å². The molecular weight excluding hydrogens is 150 g/mol. The molecular formula is C10H16NO+. The molecule has 0 saturated carbocycles. The summed E-state index contributed by atoms with van der Waals surface area (Å²) in [5.41, 5.74) is 0. The van der Waals surface area contributed by atoms with Gasteiger partial charge in [0.15, 0.2) is 0 Å². The third kappa shape index (κ3) is 1.86. The Labute approximate surface area is 73.9 Å². The number of carbonyl (C=O) groups is 1. The first-order valence-electron chi connectivity index (χ1n) is 4.46. The number of carbonyl (C=O) groups excluding carboxylic acids is 1. The molecule has 1 fully saturated rings. The monoisotopic (exact) mass is 166 g/mol. The summed E-state index contributed by atoms with van der Waals surface area (Å²) < 4.78 is 0. The Morgan fingerprint density at radius 1 is 1.67 bits per heavy atom. The van der Waals surface area contributed by atoms with Crippen molar-refractivity contribution in [2.45, 2.75) is 26.3 Å². The van der Waals surface area contributed by atoms with Gasteiger partial charge in [-0.15, -0.1) is 6.42 Å². The van der Waals surface area contributed by atoms with Gasteiger partial charge in [0.05, 0.1) is 24.9 Å². The third-order valence-electron chi connectivity index (χ3n) is 2.65. The van der Waals surface area contributed by atoms with Crippen molar-refractivity contribution in [1.82, 2.24) is 0 Å². The molecule has 2 nitrogen and oxygen atoms in total. The van der Waals surface area contributed by atoms with Gasteiger partial charge in [-0.1, -0.05) is 6.92 Å². The number of hydrogen-bond donors (Lipinski definition) is 1. The third-order valence-corrected chi connectivity index (χ3v) is 2.65. The highest BCUT2D eigenvalue weighted by atomic mass is 16.1. The Hall–Kier alpha value is -0.810. The molecule has 0 aromatic heterocycles. The molecule has 0 radical (unpaired) electrons. The number of ketones is 1. The van der Waals surface area contributed by atoms with Crippen LogP contribution < -0.4 is 4.90 Å². The highest BCUT2D eigenvalue weighted by molar-refractivity contribution is 5.81. The number of nitrogens with one attached hydrogen (secondary N) is 1. The molecule has 0 aromatic rings. The van der Waals surface area contributed by atoms with Crippen molar-refractivity contribution in [1.29, 1.82) is 0 Å². The molecule has 0 spiro atoms. The molecule has 1 unspecified atom stereocenters. The first-order valence-corrected chi connectivity index (χ1v) is 4.46. The molecule has 66 valence electrons. The summed E-state index contributed by atoms with van der Waals surface area (Å²) in [5, 5.41) is 0. The van der Waals surface area contributed by atoms with Crippen molar-refractivity contribution >= 4 is 5.78 Å². The van der Waals surface area contributed by atoms with E-state index in [2.05, 4.69) is 12.8 Å². The van der Waals surface area contributed by atoms with Gasteiger partial charge < -0.3 is 4.90 Å². The first kappa shape index (κ1) is 9.28. The smallest absolute Gasteiger partial charge is 0.147 e. The van der Waals surface area contributed by atoms with E-state index in [1.807, 2.05) is 6.92 Å². The highest BCUT2D eigenvalue weighted by Gasteiger charge is 2.31. The molecule has 1 aliphatic heterocycles. The van der Waals surface area contributed by atoms with Gasteiger partial charge in [-0.05, 0) is 12.8 Å². The van der Waals surface area contributed by atoms with E-state index in [-0.39, 0.29) is 5.92 Å². The van der Waals surface area contributed by atoms with Crippen molar-refractivity contribution in [3.63, 3.8) is 0 Å². The van der Waals surface area contributed by atoms with Crippen LogP contribution >= 0.6 is 0 Å². The summed E-state index contributed by atoms with van der Waals surface area (Å²) in [6.07, 6.45) is 5.94. The number of piperidine rings is 1. The highest BCUT2D eigenvalue weighted by Crippen LogP contribution is 2.04. The molecule has 1 rings (SSSR count). The van der Waals surface area contributed by atoms with Crippen LogP contribution in [0.2, 0.25) is 0 Å². The van der Waals surface area contributed by atoms with E-state index < -0.39 is 0 Å². The van der Waals surface area contributed by atoms with Gasteiger partial charge in [0.1, 0.15) is 12.3 Å². The summed E-state index contributed by atoms with van der Waals surface area (Å²) >= 11 is 0. The van der Waals surface area contributed by atoms with Gasteiger partial charge in [-0.25, -0.2) is 0 Å². The largest absolute Gasteiger partial charge is 0.322 e. The lowest BCUT2D eigenvalue weighted by atomic mass is 9.94. The number of likely N-dealkylation sites (tertiary alicyclic amines) is 1. The van der Waals surface area contributed by atoms with Crippen molar-refractivity contribution in [3.8, 4) is 12.3 Å². The molecule has 3 atom stereocenters. The molecule has 0 aliphatic carbocycles. The topological polar surface area (TPSA) is 21.5 Å². The second-order valence-corrected chi connectivity index (χ2v) is 3.72. The standard InChI is InChI=1S/C10H15NO/c1-4-5-11-7-8(2)10(12)6-9(11)3/h1,8-9H,5-7H2,2-3H3/p+1/t8-,9+/m0/s1. The molecule has 1 heterocycles. The van der Waals surface area contributed by atoms with Crippen LogP contribution in [0.5, 0.6) is 0 Å². The first-order chi connectivity index (χ1) is 5.65. The maximum absolute atomic E-state index is 11.3. The fourth-order valence-electron chi connectivity index (χ4n) is 1.73. The Kier molecular flexibility index (Phi) is 2.88. The molecule has 0 aromatic carbocycles. The van der Waals surface area contributed by atoms with Gasteiger partial charge in [-0.2, -0.15) is 0 Å². The molecule has 2 heteroatoms. The lowest BCUT2D eigenvalue weighted by Crippen LogP contribution is -3.17. The maximum atomic E-state index is 11.3. The van der Waals surface area contributed by atoms with Crippen molar-refractivity contribution in [2.75, 3.05) is 13.1 Å². The summed E-state index contributed by atoms with van der Waals surface area (Å²) in [7, 11) is 0. The molecule has 1 N–H and O–H groups in total. The molecule has 0 bridgehead atoms. The summed E-state index contributed by atoms with van der Waals surface area (Å²) in [6, 6.07) is 0.407. The van der Waals surface area contributed by atoms with Crippen LogP contribution in [0.25, 0.3) is 0 Å². The Morgan fingerprint density at radius 3 is 2.92 bits per heavy atom. The fourth-order valence-corrected chi connectivity index (χ4v) is 1.73. The normalized spacial score (nSPS) is 36.1. The molecule has 1 saturated heterocycles. The minimum atomic E-state index is 0.199. The van der Waals surface area contributed by atoms with Crippen LogP contribution in [0.3, 0.4) is 0 Å². The van der Waals surface area contributed by atoms with E-state index in [0.29, 0.717) is 18.2 Å². The summed E-state index contributed by atoms with van der Waals surface area (Å²) in [5.74, 6) is 3.25. The van der Waals surface area contributed by atoms with E-state index in [9.17, 15) is 4.79 Å². The van der Waals surface area contributed by atoms with Crippen LogP contribution in [0.15, 0.2) is 0 Å². The summed E-state index contributed by atoms with van der Waals surface area (Å²) in [4.78, 5) is 12.7. The van der Waals surface area contributed by atoms with Crippen LogP contribution in [0, 0.1) is 18.3 Å². The predicted molar refractivity (Wildman–Crippen MR) is 47.8 cm³/mol. The second kappa shape index (κ2) is 3.73. The number of hydrogen-bond acceptors (Lipinski definition) is 1. The average molecular weight is 166 g/mol. The van der Waals surface area contributed by atoms with Gasteiger partial charge in [0.25, 0.3) is 0 Å². The minimum Gasteiger partial charge on any atom is -0.322 e. The van der Waals surface area contributed by atoms with Gasteiger partial charge >= 0.3 is 0 Å². The Bertz CT molecular complexity index is 216. The molecule has 0 amide bonds. The van der Waals surface area contributed by atoms with Crippen LogP contribution in [-0.4, -0.2) is 24.9 Å².